The van der Waals surface area contributed by atoms with Crippen LogP contribution in [0.2, 0.25) is 0 Å². The number of methoxy groups -OCH3 is 2. The van der Waals surface area contributed by atoms with Crippen molar-refractivity contribution in [2.24, 2.45) is 5.92 Å². The lowest BCUT2D eigenvalue weighted by Gasteiger charge is -2.31. The van der Waals surface area contributed by atoms with Gasteiger partial charge in [-0.3, -0.25) is 4.79 Å². The number of hydrogen-bond donors (Lipinski definition) is 1. The van der Waals surface area contributed by atoms with Gasteiger partial charge < -0.3 is 19.7 Å². The molecule has 2 aromatic carbocycles. The van der Waals surface area contributed by atoms with E-state index in [1.165, 1.54) is 5.56 Å². The second-order valence-electron chi connectivity index (χ2n) is 8.17. The van der Waals surface area contributed by atoms with Gasteiger partial charge in [-0.25, -0.2) is 0 Å². The molecule has 1 aliphatic rings. The zero-order chi connectivity index (χ0) is 23.8. The highest BCUT2D eigenvalue weighted by molar-refractivity contribution is 7.98. The Hall–Kier alpha value is -3.26. The molecule has 2 heterocycles. The van der Waals surface area contributed by atoms with Crippen molar-refractivity contribution in [3.8, 4) is 11.5 Å². The lowest BCUT2D eigenvalue weighted by Crippen LogP contribution is -2.40. The smallest absolute Gasteiger partial charge is 0.223 e. The first kappa shape index (κ1) is 23.9. The molecule has 3 aromatic rings. The Bertz CT molecular complexity index is 1070. The number of carbonyl (C=O) groups excluding carboxylic acids is 1. The van der Waals surface area contributed by atoms with Gasteiger partial charge in [-0.15, -0.1) is 10.2 Å². The summed E-state index contributed by atoms with van der Waals surface area (Å²) in [5, 5.41) is 12.8. The highest BCUT2D eigenvalue weighted by Crippen LogP contribution is 2.28. The molecule has 1 amide bonds. The van der Waals surface area contributed by atoms with Crippen LogP contribution in [0.5, 0.6) is 11.5 Å². The molecule has 0 aliphatic carbocycles. The van der Waals surface area contributed by atoms with Gasteiger partial charge in [0.05, 0.1) is 14.2 Å². The van der Waals surface area contributed by atoms with Gasteiger partial charge in [0.25, 0.3) is 0 Å². The van der Waals surface area contributed by atoms with E-state index in [1.54, 1.807) is 26.0 Å². The van der Waals surface area contributed by atoms with Crippen molar-refractivity contribution in [3.63, 3.8) is 0 Å². The summed E-state index contributed by atoms with van der Waals surface area (Å²) in [5.41, 5.74) is 2.24. The molecule has 178 valence electrons. The average molecular weight is 479 g/mol. The standard InChI is InChI=1S/C26H30N4O3S/c1-32-22-9-8-20(16-23(22)33-2)17-27-26(31)21-12-14-30(15-13-21)24-10-11-25(29-28-24)34-18-19-6-4-3-5-7-19/h3-11,16,21H,12-15,17-18H2,1-2H3,(H,27,31). The Kier molecular flexibility index (Phi) is 8.25. The third-order valence-corrected chi connectivity index (χ3v) is 6.95. The molecule has 0 atom stereocenters. The van der Waals surface area contributed by atoms with Crippen LogP contribution < -0.4 is 19.7 Å². The molecule has 7 nitrogen and oxygen atoms in total. The zero-order valence-electron chi connectivity index (χ0n) is 19.6. The lowest BCUT2D eigenvalue weighted by atomic mass is 9.96. The van der Waals surface area contributed by atoms with Gasteiger partial charge in [-0.2, -0.15) is 0 Å². The highest BCUT2D eigenvalue weighted by Gasteiger charge is 2.25. The molecule has 0 radical (unpaired) electrons. The van der Waals surface area contributed by atoms with E-state index in [4.69, 9.17) is 9.47 Å². The number of hydrogen-bond acceptors (Lipinski definition) is 7. The third-order valence-electron chi connectivity index (χ3n) is 5.96. The zero-order valence-corrected chi connectivity index (χ0v) is 20.4. The number of piperidine rings is 1. The summed E-state index contributed by atoms with van der Waals surface area (Å²) in [6.07, 6.45) is 1.59. The number of ether oxygens (including phenoxy) is 2. The van der Waals surface area contributed by atoms with E-state index in [0.717, 1.165) is 48.1 Å². The Morgan fingerprint density at radius 3 is 2.41 bits per heavy atom. The summed E-state index contributed by atoms with van der Waals surface area (Å²) in [7, 11) is 3.21. The quantitative estimate of drug-likeness (QED) is 0.459. The van der Waals surface area contributed by atoms with Crippen molar-refractivity contribution in [2.45, 2.75) is 30.2 Å². The number of amides is 1. The summed E-state index contributed by atoms with van der Waals surface area (Å²) in [6, 6.07) is 20.1. The fourth-order valence-corrected chi connectivity index (χ4v) is 4.75. The Balaban J connectivity index is 1.23. The number of nitrogens with zero attached hydrogens (tertiary/aromatic N) is 3. The molecular weight excluding hydrogens is 448 g/mol. The van der Waals surface area contributed by atoms with Crippen molar-refractivity contribution in [1.29, 1.82) is 0 Å². The molecule has 1 aromatic heterocycles. The summed E-state index contributed by atoms with van der Waals surface area (Å²) in [5.74, 6) is 3.18. The van der Waals surface area contributed by atoms with Gasteiger partial charge in [0.1, 0.15) is 5.03 Å². The van der Waals surface area contributed by atoms with Crippen molar-refractivity contribution in [3.05, 3.63) is 71.8 Å². The van der Waals surface area contributed by atoms with Crippen molar-refractivity contribution in [2.75, 3.05) is 32.2 Å². The first-order valence-electron chi connectivity index (χ1n) is 11.4. The predicted octanol–water partition coefficient (Wildman–Crippen LogP) is 4.32. The number of rotatable bonds is 9. The van der Waals surface area contributed by atoms with Crippen LogP contribution in [0.3, 0.4) is 0 Å². The lowest BCUT2D eigenvalue weighted by molar-refractivity contribution is -0.125. The van der Waals surface area contributed by atoms with E-state index >= 15 is 0 Å². The van der Waals surface area contributed by atoms with E-state index in [0.29, 0.717) is 18.0 Å². The number of carbonyl (C=O) groups is 1. The van der Waals surface area contributed by atoms with E-state index in [9.17, 15) is 4.79 Å². The first-order valence-corrected chi connectivity index (χ1v) is 12.4. The SMILES string of the molecule is COc1ccc(CNC(=O)C2CCN(c3ccc(SCc4ccccc4)nn3)CC2)cc1OC. The third kappa shape index (κ3) is 6.20. The van der Waals surface area contributed by atoms with Crippen molar-refractivity contribution >= 4 is 23.5 Å². The van der Waals surface area contributed by atoms with Crippen LogP contribution in [0.4, 0.5) is 5.82 Å². The largest absolute Gasteiger partial charge is 0.493 e. The number of nitrogens with one attached hydrogen (secondary N) is 1. The molecule has 34 heavy (non-hydrogen) atoms. The van der Waals surface area contributed by atoms with Crippen LogP contribution in [0.1, 0.15) is 24.0 Å². The van der Waals surface area contributed by atoms with Crippen LogP contribution in [0.15, 0.2) is 65.7 Å². The molecule has 0 bridgehead atoms. The number of benzene rings is 2. The number of thioether (sulfide) groups is 1. The van der Waals surface area contributed by atoms with Crippen molar-refractivity contribution in [1.82, 2.24) is 15.5 Å². The van der Waals surface area contributed by atoms with E-state index in [-0.39, 0.29) is 11.8 Å². The summed E-state index contributed by atoms with van der Waals surface area (Å²) >= 11 is 1.68. The predicted molar refractivity (Wildman–Crippen MR) is 134 cm³/mol. The monoisotopic (exact) mass is 478 g/mol. The number of anilines is 1. The molecule has 4 rings (SSSR count). The summed E-state index contributed by atoms with van der Waals surface area (Å²) < 4.78 is 10.6. The van der Waals surface area contributed by atoms with Crippen LogP contribution in [-0.2, 0) is 17.1 Å². The Morgan fingerprint density at radius 2 is 1.74 bits per heavy atom. The molecule has 0 spiro atoms. The molecular formula is C26H30N4O3S. The van der Waals surface area contributed by atoms with Crippen LogP contribution in [0.25, 0.3) is 0 Å². The first-order chi connectivity index (χ1) is 16.7. The number of aromatic nitrogens is 2. The maximum atomic E-state index is 12.7. The van der Waals surface area contributed by atoms with E-state index < -0.39 is 0 Å². The second-order valence-corrected chi connectivity index (χ2v) is 9.17. The normalized spacial score (nSPS) is 14.0. The fraction of sp³-hybridized carbons (Fsp3) is 0.346. The van der Waals surface area contributed by atoms with Gasteiger partial charge >= 0.3 is 0 Å². The maximum Gasteiger partial charge on any atom is 0.223 e. The molecule has 8 heteroatoms. The molecule has 1 aliphatic heterocycles. The molecule has 1 saturated heterocycles. The van der Waals surface area contributed by atoms with E-state index in [2.05, 4.69) is 32.5 Å². The van der Waals surface area contributed by atoms with Crippen molar-refractivity contribution < 1.29 is 14.3 Å². The van der Waals surface area contributed by atoms with Gasteiger partial charge in [0, 0.05) is 31.3 Å². The second kappa shape index (κ2) is 11.7. The van der Waals surface area contributed by atoms with Crippen LogP contribution in [-0.4, -0.2) is 43.4 Å². The highest BCUT2D eigenvalue weighted by atomic mass is 32.2. The van der Waals surface area contributed by atoms with Crippen LogP contribution >= 0.6 is 11.8 Å². The Labute approximate surface area is 204 Å². The molecule has 0 unspecified atom stereocenters. The minimum absolute atomic E-state index is 0.00468. The minimum atomic E-state index is 0.00468. The molecule has 1 fully saturated rings. The molecule has 1 N–H and O–H groups in total. The van der Waals surface area contributed by atoms with Gasteiger partial charge in [0.2, 0.25) is 5.91 Å². The summed E-state index contributed by atoms with van der Waals surface area (Å²) in [4.78, 5) is 14.9. The van der Waals surface area contributed by atoms with Gasteiger partial charge in [0.15, 0.2) is 17.3 Å². The Morgan fingerprint density at radius 1 is 0.971 bits per heavy atom. The van der Waals surface area contributed by atoms with E-state index in [1.807, 2.05) is 48.5 Å². The van der Waals surface area contributed by atoms with Crippen LogP contribution in [0, 0.1) is 5.92 Å². The summed E-state index contributed by atoms with van der Waals surface area (Å²) in [6.45, 7) is 2.05. The van der Waals surface area contributed by atoms with Gasteiger partial charge in [-0.05, 0) is 48.2 Å². The fourth-order valence-electron chi connectivity index (χ4n) is 3.99. The molecule has 0 saturated carbocycles. The minimum Gasteiger partial charge on any atom is -0.493 e. The average Bonchev–Trinajstić information content (AvgIpc) is 2.91. The maximum absolute atomic E-state index is 12.7. The van der Waals surface area contributed by atoms with Gasteiger partial charge in [-0.1, -0.05) is 48.2 Å². The topological polar surface area (TPSA) is 76.6 Å².